The van der Waals surface area contributed by atoms with Crippen molar-refractivity contribution in [3.05, 3.63) is 54.6 Å². The lowest BCUT2D eigenvalue weighted by molar-refractivity contribution is -0.137. The zero-order valence-corrected chi connectivity index (χ0v) is 22.7. The predicted octanol–water partition coefficient (Wildman–Crippen LogP) is 4.21. The molecule has 0 atom stereocenters. The Hall–Kier alpha value is -3.75. The largest absolute Gasteiger partial charge is 0.494 e. The average Bonchev–Trinajstić information content (AvgIpc) is 3.21. The fourth-order valence-corrected chi connectivity index (χ4v) is 6.10. The van der Waals surface area contributed by atoms with E-state index in [4.69, 9.17) is 4.74 Å². The van der Waals surface area contributed by atoms with E-state index in [0.29, 0.717) is 44.9 Å². The van der Waals surface area contributed by atoms with Gasteiger partial charge in [-0.25, -0.2) is 4.79 Å². The first kappa shape index (κ1) is 26.8. The molecule has 2 N–H and O–H groups in total. The van der Waals surface area contributed by atoms with Crippen LogP contribution < -0.4 is 20.3 Å². The summed E-state index contributed by atoms with van der Waals surface area (Å²) in [5, 5.41) is 6.10. The predicted molar refractivity (Wildman–Crippen MR) is 151 cm³/mol. The van der Waals surface area contributed by atoms with Gasteiger partial charge in [0.1, 0.15) is 17.8 Å². The maximum atomic E-state index is 13.9. The summed E-state index contributed by atoms with van der Waals surface area (Å²) in [4.78, 5) is 45.4. The Kier molecular flexibility index (Phi) is 8.24. The molecule has 9 nitrogen and oxygen atoms in total. The number of benzene rings is 2. The highest BCUT2D eigenvalue weighted by Gasteiger charge is 2.54. The van der Waals surface area contributed by atoms with Crippen LogP contribution in [0.1, 0.15) is 51.9 Å². The molecule has 2 heterocycles. The van der Waals surface area contributed by atoms with Crippen molar-refractivity contribution in [3.63, 3.8) is 0 Å². The van der Waals surface area contributed by atoms with Gasteiger partial charge in [-0.05, 0) is 69.0 Å². The lowest BCUT2D eigenvalue weighted by atomic mass is 9.85. The minimum absolute atomic E-state index is 0.0308. The molecule has 4 amide bonds. The van der Waals surface area contributed by atoms with Gasteiger partial charge in [-0.2, -0.15) is 0 Å². The van der Waals surface area contributed by atoms with Gasteiger partial charge in [-0.1, -0.05) is 37.5 Å². The fraction of sp³-hybridized carbons (Fsp3) is 0.500. The highest BCUT2D eigenvalue weighted by Crippen LogP contribution is 2.39. The Labute approximate surface area is 230 Å². The highest BCUT2D eigenvalue weighted by atomic mass is 16.5. The quantitative estimate of drug-likeness (QED) is 0.556. The molecule has 208 valence electrons. The van der Waals surface area contributed by atoms with Crippen LogP contribution in [0.5, 0.6) is 5.75 Å². The van der Waals surface area contributed by atoms with E-state index in [-0.39, 0.29) is 30.4 Å². The second-order valence-corrected chi connectivity index (χ2v) is 10.7. The molecule has 0 bridgehead atoms. The number of hydrogen-bond acceptors (Lipinski definition) is 5. The maximum absolute atomic E-state index is 13.9. The van der Waals surface area contributed by atoms with E-state index in [9.17, 15) is 14.4 Å². The minimum Gasteiger partial charge on any atom is -0.494 e. The Morgan fingerprint density at radius 1 is 0.974 bits per heavy atom. The van der Waals surface area contributed by atoms with E-state index in [0.717, 1.165) is 37.1 Å². The summed E-state index contributed by atoms with van der Waals surface area (Å²) in [6.07, 6.45) is 6.52. The van der Waals surface area contributed by atoms with Gasteiger partial charge >= 0.3 is 6.03 Å². The van der Waals surface area contributed by atoms with Crippen molar-refractivity contribution in [2.75, 3.05) is 43.1 Å². The summed E-state index contributed by atoms with van der Waals surface area (Å²) in [6.45, 7) is 3.82. The zero-order valence-electron chi connectivity index (χ0n) is 22.7. The molecule has 1 spiro atoms. The third kappa shape index (κ3) is 5.97. The van der Waals surface area contributed by atoms with Gasteiger partial charge in [0, 0.05) is 30.5 Å². The molecule has 0 radical (unpaired) electrons. The molecule has 39 heavy (non-hydrogen) atoms. The Morgan fingerprint density at radius 3 is 2.33 bits per heavy atom. The summed E-state index contributed by atoms with van der Waals surface area (Å²) in [7, 11) is 0. The fourth-order valence-electron chi connectivity index (χ4n) is 6.10. The third-order valence-electron chi connectivity index (χ3n) is 8.18. The molecule has 1 aliphatic carbocycles. The summed E-state index contributed by atoms with van der Waals surface area (Å²) in [5.74, 6) is 0.636. The van der Waals surface area contributed by atoms with Crippen LogP contribution in [0, 0.1) is 0 Å². The number of amides is 4. The van der Waals surface area contributed by atoms with Crippen LogP contribution in [0.3, 0.4) is 0 Å². The number of para-hydroxylation sites is 1. The third-order valence-corrected chi connectivity index (χ3v) is 8.18. The van der Waals surface area contributed by atoms with E-state index >= 15 is 0 Å². The first-order valence-corrected chi connectivity index (χ1v) is 14.2. The van der Waals surface area contributed by atoms with Crippen LogP contribution in [0.2, 0.25) is 0 Å². The number of likely N-dealkylation sites (tertiary alicyclic amines) is 1. The Balaban J connectivity index is 1.25. The highest BCUT2D eigenvalue weighted by molar-refractivity contribution is 5.97. The molecular weight excluding hydrogens is 494 g/mol. The molecule has 2 aliphatic heterocycles. The number of hydrogen-bond donors (Lipinski definition) is 2. The van der Waals surface area contributed by atoms with Crippen molar-refractivity contribution >= 4 is 29.2 Å². The number of nitrogens with one attached hydrogen (secondary N) is 2. The molecule has 2 saturated heterocycles. The molecule has 0 aromatic heterocycles. The number of nitrogens with zero attached hydrogens (tertiary/aromatic N) is 3. The van der Waals surface area contributed by atoms with Crippen LogP contribution in [0.25, 0.3) is 0 Å². The lowest BCUT2D eigenvalue weighted by Crippen LogP contribution is -2.58. The minimum atomic E-state index is -0.775. The summed E-state index contributed by atoms with van der Waals surface area (Å²) in [5.41, 5.74) is 0.873. The van der Waals surface area contributed by atoms with E-state index in [1.807, 2.05) is 61.5 Å². The molecule has 2 aromatic rings. The average molecular weight is 534 g/mol. The zero-order chi connectivity index (χ0) is 27.2. The molecule has 9 heteroatoms. The van der Waals surface area contributed by atoms with Crippen molar-refractivity contribution in [2.24, 2.45) is 0 Å². The van der Waals surface area contributed by atoms with Gasteiger partial charge in [0.05, 0.1) is 13.3 Å². The van der Waals surface area contributed by atoms with Crippen LogP contribution in [-0.4, -0.2) is 72.1 Å². The lowest BCUT2D eigenvalue weighted by Gasteiger charge is -2.43. The monoisotopic (exact) mass is 533 g/mol. The van der Waals surface area contributed by atoms with Gasteiger partial charge in [0.25, 0.3) is 5.91 Å². The maximum Gasteiger partial charge on any atom is 0.321 e. The van der Waals surface area contributed by atoms with Crippen molar-refractivity contribution in [1.29, 1.82) is 0 Å². The number of ether oxygens (including phenoxy) is 1. The standard InChI is InChI=1S/C30H39N5O4/c1-2-39-26-15-13-24(14-16-26)32-29(38)33-19-17-30(18-20-33)28(37)34(22-35(30)25-11-7-4-8-12-25)21-27(36)31-23-9-5-3-6-10-23/h4,7-8,11-16,23H,2-3,5-6,9-10,17-22H2,1H3,(H,31,36)(H,32,38). The molecular formula is C30H39N5O4. The van der Waals surface area contributed by atoms with Crippen LogP contribution in [-0.2, 0) is 9.59 Å². The van der Waals surface area contributed by atoms with Crippen LogP contribution in [0.15, 0.2) is 54.6 Å². The summed E-state index contributed by atoms with van der Waals surface area (Å²) in [6, 6.07) is 17.2. The number of carbonyl (C=O) groups excluding carboxylic acids is 3. The van der Waals surface area contributed by atoms with Crippen molar-refractivity contribution in [2.45, 2.75) is 63.5 Å². The first-order valence-electron chi connectivity index (χ1n) is 14.2. The smallest absolute Gasteiger partial charge is 0.321 e. The number of anilines is 2. The van der Waals surface area contributed by atoms with E-state index in [1.165, 1.54) is 6.42 Å². The molecule has 3 aliphatic rings. The Morgan fingerprint density at radius 2 is 1.67 bits per heavy atom. The topological polar surface area (TPSA) is 94.2 Å². The van der Waals surface area contributed by atoms with Gasteiger partial charge in [-0.3, -0.25) is 9.59 Å². The van der Waals surface area contributed by atoms with Gasteiger partial charge in [0.2, 0.25) is 5.91 Å². The first-order chi connectivity index (χ1) is 19.0. The van der Waals surface area contributed by atoms with Gasteiger partial charge < -0.3 is 30.1 Å². The van der Waals surface area contributed by atoms with E-state index < -0.39 is 5.54 Å². The van der Waals surface area contributed by atoms with Crippen LogP contribution in [0.4, 0.5) is 16.2 Å². The number of rotatable bonds is 7. The second-order valence-electron chi connectivity index (χ2n) is 10.7. The number of carbonyl (C=O) groups is 3. The molecule has 1 saturated carbocycles. The molecule has 3 fully saturated rings. The molecule has 5 rings (SSSR count). The van der Waals surface area contributed by atoms with Crippen molar-refractivity contribution in [1.82, 2.24) is 15.1 Å². The van der Waals surface area contributed by atoms with Crippen molar-refractivity contribution in [3.8, 4) is 5.75 Å². The number of piperidine rings is 1. The molecule has 0 unspecified atom stereocenters. The Bertz CT molecular complexity index is 1140. The summed E-state index contributed by atoms with van der Waals surface area (Å²) < 4.78 is 5.47. The molecule has 2 aromatic carbocycles. The van der Waals surface area contributed by atoms with Gasteiger partial charge in [-0.15, -0.1) is 0 Å². The SMILES string of the molecule is CCOc1ccc(NC(=O)N2CCC3(CC2)C(=O)N(CC(=O)NC2CCCCC2)CN3c2ccccc2)cc1. The summed E-state index contributed by atoms with van der Waals surface area (Å²) >= 11 is 0. The van der Waals surface area contributed by atoms with Crippen LogP contribution >= 0.6 is 0 Å². The van der Waals surface area contributed by atoms with Gasteiger partial charge in [0.15, 0.2) is 0 Å². The second kappa shape index (κ2) is 12.0. The van der Waals surface area contributed by atoms with E-state index in [1.54, 1.807) is 9.80 Å². The normalized spacial score (nSPS) is 19.3. The van der Waals surface area contributed by atoms with E-state index in [2.05, 4.69) is 15.5 Å². The van der Waals surface area contributed by atoms with Crippen molar-refractivity contribution < 1.29 is 19.1 Å². The number of urea groups is 1.